The Hall–Kier alpha value is -3.60. The summed E-state index contributed by atoms with van der Waals surface area (Å²) in [5.41, 5.74) is 0.504. The van der Waals surface area contributed by atoms with Crippen LogP contribution in [0.25, 0.3) is 10.9 Å². The molecule has 0 unspecified atom stereocenters. The minimum Gasteiger partial charge on any atom is -0.444 e. The van der Waals surface area contributed by atoms with Gasteiger partial charge in [-0.15, -0.1) is 0 Å². The maximum absolute atomic E-state index is 13.4. The van der Waals surface area contributed by atoms with E-state index in [0.29, 0.717) is 6.42 Å². The molecule has 212 valence electrons. The van der Waals surface area contributed by atoms with Crippen LogP contribution < -0.4 is 21.3 Å². The molecule has 11 nitrogen and oxygen atoms in total. The van der Waals surface area contributed by atoms with Gasteiger partial charge in [0.25, 0.3) is 0 Å². The summed E-state index contributed by atoms with van der Waals surface area (Å²) in [6, 6.07) is 6.11. The Morgan fingerprint density at radius 3 is 2.49 bits per heavy atom. The Bertz CT molecular complexity index is 1230. The predicted octanol–water partition coefficient (Wildman–Crippen LogP) is 1.44. The highest BCUT2D eigenvalue weighted by Crippen LogP contribution is 2.24. The molecule has 5 N–H and O–H groups in total. The highest BCUT2D eigenvalue weighted by molar-refractivity contribution is 5.93. The van der Waals surface area contributed by atoms with Crippen LogP contribution in [-0.4, -0.2) is 83.1 Å². The standard InChI is InChI=1S/C28H40N6O5/c1-17(2)10-21-24(36)30-14-28(15-34(16-28)26(38)39-27(3,4)5)31-13-23(35)32-22(25(37)33-21)11-18-12-29-20-9-7-6-8-19(18)20/h6-9,12,17,21-22,29,31H,10-11,13-16H2,1-5H3,(H,30,36)(H,32,35)(H,33,37)/t21-,22-/m0/s1. The van der Waals surface area contributed by atoms with E-state index >= 15 is 0 Å². The largest absolute Gasteiger partial charge is 0.444 e. The van der Waals surface area contributed by atoms with E-state index in [9.17, 15) is 19.2 Å². The van der Waals surface area contributed by atoms with Gasteiger partial charge in [-0.2, -0.15) is 0 Å². The first-order valence-corrected chi connectivity index (χ1v) is 13.5. The molecule has 4 amide bonds. The van der Waals surface area contributed by atoms with Gasteiger partial charge in [0, 0.05) is 43.2 Å². The lowest BCUT2D eigenvalue weighted by Gasteiger charge is -2.50. The van der Waals surface area contributed by atoms with E-state index in [-0.39, 0.29) is 50.3 Å². The summed E-state index contributed by atoms with van der Waals surface area (Å²) in [7, 11) is 0. The molecule has 1 spiro atoms. The monoisotopic (exact) mass is 540 g/mol. The van der Waals surface area contributed by atoms with Crippen LogP contribution in [0.3, 0.4) is 0 Å². The third-order valence-electron chi connectivity index (χ3n) is 6.95. The second-order valence-electron chi connectivity index (χ2n) is 12.1. The van der Waals surface area contributed by atoms with Crippen LogP contribution in [0.4, 0.5) is 4.79 Å². The molecule has 1 aromatic heterocycles. The Morgan fingerprint density at radius 1 is 1.08 bits per heavy atom. The van der Waals surface area contributed by atoms with Crippen molar-refractivity contribution in [1.29, 1.82) is 0 Å². The highest BCUT2D eigenvalue weighted by Gasteiger charge is 2.47. The summed E-state index contributed by atoms with van der Waals surface area (Å²) in [6.07, 6.45) is 2.09. The van der Waals surface area contributed by atoms with Gasteiger partial charge in [-0.25, -0.2) is 4.79 Å². The molecule has 3 heterocycles. The van der Waals surface area contributed by atoms with E-state index in [4.69, 9.17) is 4.74 Å². The summed E-state index contributed by atoms with van der Waals surface area (Å²) in [6.45, 7) is 10.0. The molecule has 4 rings (SSSR count). The van der Waals surface area contributed by atoms with Crippen LogP contribution in [-0.2, 0) is 25.5 Å². The molecule has 2 aliphatic heterocycles. The maximum atomic E-state index is 13.4. The van der Waals surface area contributed by atoms with Crippen molar-refractivity contribution >= 4 is 34.7 Å². The van der Waals surface area contributed by atoms with Gasteiger partial charge in [-0.3, -0.25) is 19.7 Å². The molecule has 1 aromatic carbocycles. The number of nitrogens with one attached hydrogen (secondary N) is 5. The molecule has 11 heteroatoms. The van der Waals surface area contributed by atoms with E-state index in [1.807, 2.05) is 44.3 Å². The third kappa shape index (κ3) is 7.08. The normalized spacial score (nSPS) is 22.4. The highest BCUT2D eigenvalue weighted by atomic mass is 16.6. The van der Waals surface area contributed by atoms with Gasteiger partial charge in [0.1, 0.15) is 17.7 Å². The van der Waals surface area contributed by atoms with Crippen LogP contribution in [0, 0.1) is 5.92 Å². The maximum Gasteiger partial charge on any atom is 0.410 e. The number of para-hydroxylation sites is 1. The van der Waals surface area contributed by atoms with Crippen molar-refractivity contribution in [2.24, 2.45) is 5.92 Å². The molecular weight excluding hydrogens is 500 g/mol. The molecule has 0 saturated carbocycles. The van der Waals surface area contributed by atoms with Gasteiger partial charge in [0.15, 0.2) is 0 Å². The molecule has 2 aromatic rings. The van der Waals surface area contributed by atoms with Crippen molar-refractivity contribution in [3.05, 3.63) is 36.0 Å². The van der Waals surface area contributed by atoms with Crippen molar-refractivity contribution in [2.75, 3.05) is 26.2 Å². The lowest BCUT2D eigenvalue weighted by Crippen LogP contribution is -2.75. The summed E-state index contributed by atoms with van der Waals surface area (Å²) >= 11 is 0. The fourth-order valence-electron chi connectivity index (χ4n) is 5.02. The summed E-state index contributed by atoms with van der Waals surface area (Å²) in [5, 5.41) is 12.9. The molecule has 0 radical (unpaired) electrons. The number of aromatic nitrogens is 1. The lowest BCUT2D eigenvalue weighted by molar-refractivity contribution is -0.133. The number of hydrogen-bond donors (Lipinski definition) is 5. The molecule has 0 bridgehead atoms. The predicted molar refractivity (Wildman–Crippen MR) is 147 cm³/mol. The molecule has 2 fully saturated rings. The quantitative estimate of drug-likeness (QED) is 0.397. The number of H-pyrrole nitrogens is 1. The van der Waals surface area contributed by atoms with E-state index in [0.717, 1.165) is 16.5 Å². The Kier molecular flexibility index (Phi) is 8.20. The Morgan fingerprint density at radius 2 is 1.79 bits per heavy atom. The summed E-state index contributed by atoms with van der Waals surface area (Å²) in [5.74, 6) is -0.914. The van der Waals surface area contributed by atoms with Gasteiger partial charge in [-0.05, 0) is 44.7 Å². The summed E-state index contributed by atoms with van der Waals surface area (Å²) < 4.78 is 5.46. The number of amides is 4. The number of fused-ring (bicyclic) bond motifs is 1. The fraction of sp³-hybridized carbons (Fsp3) is 0.571. The number of aromatic amines is 1. The third-order valence-corrected chi connectivity index (χ3v) is 6.95. The molecule has 0 aliphatic carbocycles. The number of carbonyl (C=O) groups excluding carboxylic acids is 4. The van der Waals surface area contributed by atoms with Gasteiger partial charge in [-0.1, -0.05) is 32.0 Å². The first kappa shape index (κ1) is 28.4. The van der Waals surface area contributed by atoms with Crippen molar-refractivity contribution in [1.82, 2.24) is 31.2 Å². The molecule has 2 saturated heterocycles. The molecule has 2 atom stereocenters. The van der Waals surface area contributed by atoms with E-state index in [1.54, 1.807) is 25.7 Å². The zero-order valence-electron chi connectivity index (χ0n) is 23.3. The second-order valence-corrected chi connectivity index (χ2v) is 12.1. The fourth-order valence-corrected chi connectivity index (χ4v) is 5.02. The van der Waals surface area contributed by atoms with Crippen molar-refractivity contribution in [3.8, 4) is 0 Å². The number of likely N-dealkylation sites (tertiary alicyclic amines) is 1. The molecular formula is C28H40N6O5. The number of ether oxygens (including phenoxy) is 1. The van der Waals surface area contributed by atoms with Gasteiger partial charge in [0.2, 0.25) is 17.7 Å². The Balaban J connectivity index is 1.53. The molecule has 39 heavy (non-hydrogen) atoms. The van der Waals surface area contributed by atoms with E-state index in [1.165, 1.54) is 0 Å². The van der Waals surface area contributed by atoms with E-state index < -0.39 is 35.2 Å². The van der Waals surface area contributed by atoms with Gasteiger partial charge >= 0.3 is 6.09 Å². The zero-order valence-corrected chi connectivity index (χ0v) is 23.3. The number of carbonyl (C=O) groups is 4. The van der Waals surface area contributed by atoms with Crippen molar-refractivity contribution in [2.45, 2.75) is 70.7 Å². The number of rotatable bonds is 4. The van der Waals surface area contributed by atoms with Crippen LogP contribution in [0.2, 0.25) is 0 Å². The average Bonchev–Trinajstić information content (AvgIpc) is 3.22. The minimum atomic E-state index is -0.879. The van der Waals surface area contributed by atoms with Crippen LogP contribution in [0.5, 0.6) is 0 Å². The lowest BCUT2D eigenvalue weighted by atomic mass is 9.89. The Labute approximate surface area is 228 Å². The van der Waals surface area contributed by atoms with Crippen LogP contribution in [0.15, 0.2) is 30.5 Å². The number of nitrogens with zero attached hydrogens (tertiary/aromatic N) is 1. The minimum absolute atomic E-state index is 0.0783. The molecule has 2 aliphatic rings. The zero-order chi connectivity index (χ0) is 28.4. The smallest absolute Gasteiger partial charge is 0.410 e. The van der Waals surface area contributed by atoms with Crippen LogP contribution >= 0.6 is 0 Å². The summed E-state index contributed by atoms with van der Waals surface area (Å²) in [4.78, 5) is 57.0. The number of hydrogen-bond acceptors (Lipinski definition) is 6. The first-order chi connectivity index (χ1) is 18.3. The van der Waals surface area contributed by atoms with Gasteiger partial charge < -0.3 is 30.6 Å². The SMILES string of the molecule is CC(C)C[C@@H]1NC(=O)[C@H](Cc2c[nH]c3ccccc23)NC(=O)CNC2(CNC1=O)CN(C(=O)OC(C)(C)C)C2. The van der Waals surface area contributed by atoms with Crippen LogP contribution in [0.1, 0.15) is 46.6 Å². The van der Waals surface area contributed by atoms with E-state index in [2.05, 4.69) is 26.3 Å². The second kappa shape index (κ2) is 11.3. The first-order valence-electron chi connectivity index (χ1n) is 13.5. The number of benzene rings is 1. The van der Waals surface area contributed by atoms with Crippen molar-refractivity contribution < 1.29 is 23.9 Å². The van der Waals surface area contributed by atoms with Gasteiger partial charge in [0.05, 0.1) is 12.1 Å². The van der Waals surface area contributed by atoms with Crippen molar-refractivity contribution in [3.63, 3.8) is 0 Å². The topological polar surface area (TPSA) is 145 Å². The average molecular weight is 541 g/mol.